The average molecular weight is 417 g/mol. The summed E-state index contributed by atoms with van der Waals surface area (Å²) < 4.78 is 28.8. The third kappa shape index (κ3) is 3.71. The van der Waals surface area contributed by atoms with E-state index < -0.39 is 10.0 Å². The van der Waals surface area contributed by atoms with Crippen LogP contribution in [-0.2, 0) is 21.2 Å². The molecule has 148 valence electrons. The lowest BCUT2D eigenvalue weighted by atomic mass is 9.86. The minimum absolute atomic E-state index is 0.111. The molecule has 2 heterocycles. The first-order valence-electron chi connectivity index (χ1n) is 9.52. The van der Waals surface area contributed by atoms with Crippen molar-refractivity contribution in [2.75, 3.05) is 23.4 Å². The number of amides is 1. The van der Waals surface area contributed by atoms with E-state index in [1.165, 1.54) is 12.5 Å². The van der Waals surface area contributed by atoms with Crippen LogP contribution in [0.5, 0.6) is 0 Å². The van der Waals surface area contributed by atoms with E-state index in [0.29, 0.717) is 18.2 Å². The van der Waals surface area contributed by atoms with Gasteiger partial charge in [0.2, 0.25) is 15.9 Å². The lowest BCUT2D eigenvalue weighted by Crippen LogP contribution is -2.43. The Morgan fingerprint density at radius 3 is 2.57 bits per heavy atom. The number of benzene rings is 2. The van der Waals surface area contributed by atoms with Crippen molar-refractivity contribution in [2.45, 2.75) is 30.7 Å². The molecule has 0 saturated carbocycles. The van der Waals surface area contributed by atoms with E-state index in [4.69, 9.17) is 0 Å². The van der Waals surface area contributed by atoms with Gasteiger partial charge in [0.1, 0.15) is 0 Å². The predicted molar refractivity (Wildman–Crippen MR) is 113 cm³/mol. The summed E-state index contributed by atoms with van der Waals surface area (Å²) in [6.45, 7) is 1.93. The molecular formula is C21H24N2O3S2. The lowest BCUT2D eigenvalue weighted by Gasteiger charge is -2.39. The molecule has 0 spiro atoms. The van der Waals surface area contributed by atoms with Crippen LogP contribution < -0.4 is 5.32 Å². The molecule has 2 unspecified atom stereocenters. The van der Waals surface area contributed by atoms with Crippen LogP contribution >= 0.6 is 11.8 Å². The zero-order valence-electron chi connectivity index (χ0n) is 15.8. The third-order valence-corrected chi connectivity index (χ3v) is 8.56. The van der Waals surface area contributed by atoms with Gasteiger partial charge in [-0.1, -0.05) is 24.3 Å². The maximum absolute atomic E-state index is 13.5. The second-order valence-corrected chi connectivity index (χ2v) is 10.4. The molecule has 2 aliphatic rings. The summed E-state index contributed by atoms with van der Waals surface area (Å²) in [5.41, 5.74) is 3.01. The van der Waals surface area contributed by atoms with E-state index in [1.807, 2.05) is 23.9 Å². The summed E-state index contributed by atoms with van der Waals surface area (Å²) in [6.07, 6.45) is 1.77. The smallest absolute Gasteiger partial charge is 0.243 e. The second-order valence-electron chi connectivity index (χ2n) is 7.34. The fourth-order valence-corrected chi connectivity index (χ4v) is 7.14. The van der Waals surface area contributed by atoms with E-state index in [1.54, 1.807) is 28.6 Å². The number of sulfonamides is 1. The number of rotatable bonds is 4. The summed E-state index contributed by atoms with van der Waals surface area (Å²) in [5.74, 6) is 2.23. The van der Waals surface area contributed by atoms with Crippen LogP contribution in [0.1, 0.15) is 30.5 Å². The van der Waals surface area contributed by atoms with Gasteiger partial charge in [0.25, 0.3) is 0 Å². The highest BCUT2D eigenvalue weighted by molar-refractivity contribution is 7.99. The molecular weight excluding hydrogens is 392 g/mol. The number of nitrogens with zero attached hydrogens (tertiary/aromatic N) is 1. The van der Waals surface area contributed by atoms with Crippen molar-refractivity contribution in [2.24, 2.45) is 5.92 Å². The predicted octanol–water partition coefficient (Wildman–Crippen LogP) is 3.69. The van der Waals surface area contributed by atoms with E-state index in [-0.39, 0.29) is 16.8 Å². The van der Waals surface area contributed by atoms with E-state index in [2.05, 4.69) is 17.4 Å². The molecule has 0 aliphatic carbocycles. The largest absolute Gasteiger partial charge is 0.326 e. The Hall–Kier alpha value is -1.83. The lowest BCUT2D eigenvalue weighted by molar-refractivity contribution is -0.114. The van der Waals surface area contributed by atoms with Crippen LogP contribution in [-0.4, -0.2) is 36.7 Å². The zero-order chi connectivity index (χ0) is 19.7. The van der Waals surface area contributed by atoms with Crippen molar-refractivity contribution in [1.82, 2.24) is 4.31 Å². The molecule has 28 heavy (non-hydrogen) atoms. The van der Waals surface area contributed by atoms with Gasteiger partial charge in [0.05, 0.1) is 10.9 Å². The van der Waals surface area contributed by atoms with E-state index in [0.717, 1.165) is 29.9 Å². The Kier molecular flexibility index (Phi) is 5.49. The zero-order valence-corrected chi connectivity index (χ0v) is 17.4. The van der Waals surface area contributed by atoms with Crippen molar-refractivity contribution >= 4 is 33.4 Å². The van der Waals surface area contributed by atoms with Crippen molar-refractivity contribution in [3.63, 3.8) is 0 Å². The maximum atomic E-state index is 13.5. The molecule has 1 saturated heterocycles. The van der Waals surface area contributed by atoms with Gasteiger partial charge in [-0.2, -0.15) is 16.1 Å². The quantitative estimate of drug-likeness (QED) is 0.826. The van der Waals surface area contributed by atoms with Crippen LogP contribution in [0.4, 0.5) is 5.69 Å². The number of hydrogen-bond acceptors (Lipinski definition) is 4. The molecule has 2 aliphatic heterocycles. The first kappa shape index (κ1) is 19.5. The van der Waals surface area contributed by atoms with E-state index >= 15 is 0 Å². The van der Waals surface area contributed by atoms with Gasteiger partial charge in [-0.3, -0.25) is 4.79 Å². The number of fused-ring (bicyclic) bond motifs is 1. The summed E-state index contributed by atoms with van der Waals surface area (Å²) in [7, 11) is -3.63. The Morgan fingerprint density at radius 2 is 1.89 bits per heavy atom. The van der Waals surface area contributed by atoms with Crippen LogP contribution in [0, 0.1) is 5.92 Å². The molecule has 1 amide bonds. The van der Waals surface area contributed by atoms with E-state index in [9.17, 15) is 13.2 Å². The summed E-state index contributed by atoms with van der Waals surface area (Å²) in [6, 6.07) is 14.6. The molecule has 1 N–H and O–H groups in total. The second kappa shape index (κ2) is 7.89. The van der Waals surface area contributed by atoms with Crippen LogP contribution in [0.3, 0.4) is 0 Å². The van der Waals surface area contributed by atoms with Gasteiger partial charge in [-0.25, -0.2) is 8.42 Å². The molecule has 2 aromatic rings. The van der Waals surface area contributed by atoms with Crippen molar-refractivity contribution in [3.05, 3.63) is 59.7 Å². The Morgan fingerprint density at radius 1 is 1.14 bits per heavy atom. The molecule has 4 rings (SSSR count). The van der Waals surface area contributed by atoms with Gasteiger partial charge in [0.15, 0.2) is 0 Å². The number of nitrogens with one attached hydrogen (secondary N) is 1. The highest BCUT2D eigenvalue weighted by atomic mass is 32.2. The van der Waals surface area contributed by atoms with Crippen LogP contribution in [0.2, 0.25) is 0 Å². The highest BCUT2D eigenvalue weighted by Crippen LogP contribution is 2.44. The van der Waals surface area contributed by atoms with Crippen molar-refractivity contribution in [3.8, 4) is 0 Å². The summed E-state index contributed by atoms with van der Waals surface area (Å²) in [4.78, 5) is 11.5. The topological polar surface area (TPSA) is 66.5 Å². The van der Waals surface area contributed by atoms with Gasteiger partial charge in [0, 0.05) is 19.2 Å². The first-order valence-corrected chi connectivity index (χ1v) is 12.1. The van der Waals surface area contributed by atoms with Gasteiger partial charge >= 0.3 is 0 Å². The number of anilines is 1. The van der Waals surface area contributed by atoms with Crippen LogP contribution in [0.25, 0.3) is 0 Å². The SMILES string of the molecule is CC(=O)Nc1ccc(S(=O)(=O)N2CCc3ccccc3C2C2CCSC2)cc1. The fourth-order valence-electron chi connectivity index (χ4n) is 4.18. The minimum atomic E-state index is -3.63. The van der Waals surface area contributed by atoms with Crippen LogP contribution in [0.15, 0.2) is 53.4 Å². The van der Waals surface area contributed by atoms with Crippen molar-refractivity contribution in [1.29, 1.82) is 0 Å². The third-order valence-electron chi connectivity index (χ3n) is 5.48. The number of carbonyl (C=O) groups is 1. The first-order chi connectivity index (χ1) is 13.5. The molecule has 0 radical (unpaired) electrons. The minimum Gasteiger partial charge on any atom is -0.326 e. The molecule has 5 nitrogen and oxygen atoms in total. The molecule has 2 atom stereocenters. The molecule has 0 aromatic heterocycles. The summed E-state index contributed by atoms with van der Waals surface area (Å²) >= 11 is 1.90. The standard InChI is InChI=1S/C21H24N2O3S2/c1-15(24)22-18-6-8-19(9-7-18)28(25,26)23-12-10-16-4-2-3-5-20(16)21(23)17-11-13-27-14-17/h2-9,17,21H,10-14H2,1H3,(H,22,24). The number of carbonyl (C=O) groups excluding carboxylic acids is 1. The maximum Gasteiger partial charge on any atom is 0.243 e. The fraction of sp³-hybridized carbons (Fsp3) is 0.381. The average Bonchev–Trinajstić information content (AvgIpc) is 3.21. The van der Waals surface area contributed by atoms with Crippen molar-refractivity contribution < 1.29 is 13.2 Å². The van der Waals surface area contributed by atoms with Gasteiger partial charge < -0.3 is 5.32 Å². The molecule has 7 heteroatoms. The van der Waals surface area contributed by atoms with Gasteiger partial charge in [-0.05, 0) is 65.7 Å². The Labute approximate surface area is 170 Å². The molecule has 1 fully saturated rings. The monoisotopic (exact) mass is 416 g/mol. The molecule has 0 bridgehead atoms. The number of hydrogen-bond donors (Lipinski definition) is 1. The summed E-state index contributed by atoms with van der Waals surface area (Å²) in [5, 5.41) is 2.68. The Bertz CT molecular complexity index is 967. The Balaban J connectivity index is 1.70. The highest BCUT2D eigenvalue weighted by Gasteiger charge is 2.41. The molecule has 2 aromatic carbocycles. The number of thioether (sulfide) groups is 1. The normalized spacial score (nSPS) is 22.6. The van der Waals surface area contributed by atoms with Gasteiger partial charge in [-0.15, -0.1) is 0 Å².